The largest absolute Gasteiger partial charge is 0.321 e. The second-order valence-electron chi connectivity index (χ2n) is 7.69. The van der Waals surface area contributed by atoms with E-state index in [1.165, 1.54) is 24.4 Å². The second kappa shape index (κ2) is 10.1. The lowest BCUT2D eigenvalue weighted by molar-refractivity contribution is -0.119. The highest BCUT2D eigenvalue weighted by atomic mass is 35.5. The van der Waals surface area contributed by atoms with Crippen LogP contribution in [0.5, 0.6) is 0 Å². The number of nitrogens with zero attached hydrogens (tertiary/aromatic N) is 3. The van der Waals surface area contributed by atoms with E-state index in [0.29, 0.717) is 23.6 Å². The average Bonchev–Trinajstić information content (AvgIpc) is 2.86. The monoisotopic (exact) mass is 473 g/mol. The first-order chi connectivity index (χ1) is 16.4. The predicted molar refractivity (Wildman–Crippen MR) is 129 cm³/mol. The Hall–Kier alpha value is -4.22. The van der Waals surface area contributed by atoms with E-state index < -0.39 is 11.8 Å². The maximum absolute atomic E-state index is 12.9. The molecule has 2 aromatic carbocycles. The van der Waals surface area contributed by atoms with Crippen LogP contribution < -0.4 is 15.5 Å². The molecule has 0 radical (unpaired) electrons. The third-order valence-electron chi connectivity index (χ3n) is 5.38. The highest BCUT2D eigenvalue weighted by Gasteiger charge is 2.20. The highest BCUT2D eigenvalue weighted by Crippen LogP contribution is 2.23. The van der Waals surface area contributed by atoms with Crippen molar-refractivity contribution in [2.75, 3.05) is 22.1 Å². The Bertz CT molecular complexity index is 1280. The molecular formula is C25H20ClN5O3. The van der Waals surface area contributed by atoms with Crippen molar-refractivity contribution in [3.63, 3.8) is 0 Å². The van der Waals surface area contributed by atoms with Crippen LogP contribution in [0.3, 0.4) is 0 Å². The van der Waals surface area contributed by atoms with Crippen LogP contribution in [-0.2, 0) is 4.79 Å². The molecule has 0 spiro atoms. The molecule has 1 aromatic heterocycles. The fraction of sp³-hybridized carbons (Fsp3) is 0.160. The van der Waals surface area contributed by atoms with Crippen molar-refractivity contribution < 1.29 is 14.4 Å². The highest BCUT2D eigenvalue weighted by molar-refractivity contribution is 6.30. The molecule has 1 aliphatic heterocycles. The van der Waals surface area contributed by atoms with Gasteiger partial charge in [0.15, 0.2) is 0 Å². The van der Waals surface area contributed by atoms with Gasteiger partial charge in [-0.1, -0.05) is 11.6 Å². The van der Waals surface area contributed by atoms with Crippen LogP contribution in [0.4, 0.5) is 17.2 Å². The molecule has 9 heteroatoms. The zero-order valence-corrected chi connectivity index (χ0v) is 18.8. The standard InChI is InChI=1S/C25H20ClN5O3/c26-18-7-11-22(28-15-18)30-25(34)20-13-16(14-27)4-10-21(20)29-24(33)17-5-8-19(9-6-17)31-12-2-1-3-23(31)32/h4-11,13,15H,1-3,12H2,(H,29,33)(H,28,30,34). The SMILES string of the molecule is N#Cc1ccc(NC(=O)c2ccc(N3CCCCC3=O)cc2)c(C(=O)Nc2ccc(Cl)cn2)c1. The van der Waals surface area contributed by atoms with E-state index in [1.54, 1.807) is 41.3 Å². The minimum absolute atomic E-state index is 0.0758. The van der Waals surface area contributed by atoms with Gasteiger partial charge in [-0.05, 0) is 67.4 Å². The van der Waals surface area contributed by atoms with E-state index in [-0.39, 0.29) is 28.5 Å². The number of amides is 3. The van der Waals surface area contributed by atoms with Crippen molar-refractivity contribution in [3.05, 3.63) is 82.5 Å². The predicted octanol–water partition coefficient (Wildman–Crippen LogP) is 4.63. The molecule has 3 aromatic rings. The molecule has 0 saturated carbocycles. The number of halogens is 1. The van der Waals surface area contributed by atoms with Gasteiger partial charge in [0.2, 0.25) is 5.91 Å². The molecule has 3 amide bonds. The lowest BCUT2D eigenvalue weighted by Gasteiger charge is -2.26. The van der Waals surface area contributed by atoms with Gasteiger partial charge in [-0.2, -0.15) is 5.26 Å². The zero-order valence-electron chi connectivity index (χ0n) is 18.0. The molecule has 0 bridgehead atoms. The van der Waals surface area contributed by atoms with E-state index in [9.17, 15) is 19.6 Å². The van der Waals surface area contributed by atoms with Crippen molar-refractivity contribution in [1.29, 1.82) is 5.26 Å². The first-order valence-corrected chi connectivity index (χ1v) is 11.0. The number of nitriles is 1. The molecule has 8 nitrogen and oxygen atoms in total. The number of carbonyl (C=O) groups is 3. The van der Waals surface area contributed by atoms with Gasteiger partial charge in [0.1, 0.15) is 5.82 Å². The van der Waals surface area contributed by atoms with Gasteiger partial charge in [-0.25, -0.2) is 4.98 Å². The van der Waals surface area contributed by atoms with Gasteiger partial charge in [-0.15, -0.1) is 0 Å². The van der Waals surface area contributed by atoms with Gasteiger partial charge < -0.3 is 15.5 Å². The summed E-state index contributed by atoms with van der Waals surface area (Å²) in [5, 5.41) is 15.0. The van der Waals surface area contributed by atoms with Crippen molar-refractivity contribution in [2.45, 2.75) is 19.3 Å². The smallest absolute Gasteiger partial charge is 0.258 e. The van der Waals surface area contributed by atoms with Crippen LogP contribution in [0, 0.1) is 11.3 Å². The number of hydrogen-bond donors (Lipinski definition) is 2. The summed E-state index contributed by atoms with van der Waals surface area (Å²) in [5.74, 6) is -0.621. The Morgan fingerprint density at radius 1 is 1.00 bits per heavy atom. The molecule has 4 rings (SSSR count). The maximum Gasteiger partial charge on any atom is 0.258 e. The molecule has 0 aliphatic carbocycles. The lowest BCUT2D eigenvalue weighted by Crippen LogP contribution is -2.35. The number of aromatic nitrogens is 1. The van der Waals surface area contributed by atoms with E-state index in [2.05, 4.69) is 15.6 Å². The van der Waals surface area contributed by atoms with Gasteiger partial charge >= 0.3 is 0 Å². The topological polar surface area (TPSA) is 115 Å². The van der Waals surface area contributed by atoms with Crippen molar-refractivity contribution in [1.82, 2.24) is 4.98 Å². The van der Waals surface area contributed by atoms with E-state index in [0.717, 1.165) is 18.5 Å². The molecule has 1 fully saturated rings. The summed E-state index contributed by atoms with van der Waals surface area (Å²) in [6.07, 6.45) is 3.76. The van der Waals surface area contributed by atoms with Crippen LogP contribution >= 0.6 is 11.6 Å². The molecule has 34 heavy (non-hydrogen) atoms. The van der Waals surface area contributed by atoms with Crippen molar-refractivity contribution >= 4 is 46.5 Å². The van der Waals surface area contributed by atoms with Crippen LogP contribution in [0.25, 0.3) is 0 Å². The average molecular weight is 474 g/mol. The number of benzene rings is 2. The van der Waals surface area contributed by atoms with Gasteiger partial charge in [0, 0.05) is 30.4 Å². The number of pyridine rings is 1. The molecule has 0 unspecified atom stereocenters. The van der Waals surface area contributed by atoms with E-state index >= 15 is 0 Å². The molecule has 2 N–H and O–H groups in total. The first kappa shape index (κ1) is 23.0. The first-order valence-electron chi connectivity index (χ1n) is 10.6. The second-order valence-corrected chi connectivity index (χ2v) is 8.13. The van der Waals surface area contributed by atoms with Gasteiger partial charge in [-0.3, -0.25) is 14.4 Å². The molecule has 170 valence electrons. The Balaban J connectivity index is 1.53. The van der Waals surface area contributed by atoms with Crippen LogP contribution in [-0.4, -0.2) is 29.3 Å². The van der Waals surface area contributed by atoms with E-state index in [4.69, 9.17) is 11.6 Å². The third kappa shape index (κ3) is 5.22. The Kier molecular flexibility index (Phi) is 6.85. The summed E-state index contributed by atoms with van der Waals surface area (Å²) < 4.78 is 0. The normalized spacial score (nSPS) is 13.2. The van der Waals surface area contributed by atoms with Crippen LogP contribution in [0.1, 0.15) is 45.5 Å². The van der Waals surface area contributed by atoms with Gasteiger partial charge in [0.25, 0.3) is 11.8 Å². The molecule has 0 atom stereocenters. The number of anilines is 3. The number of nitrogens with one attached hydrogen (secondary N) is 2. The van der Waals surface area contributed by atoms with Gasteiger partial charge in [0.05, 0.1) is 27.9 Å². The molecule has 1 aliphatic rings. The summed E-state index contributed by atoms with van der Waals surface area (Å²) in [7, 11) is 0. The minimum atomic E-state index is -0.541. The fourth-order valence-electron chi connectivity index (χ4n) is 3.61. The van der Waals surface area contributed by atoms with E-state index in [1.807, 2.05) is 6.07 Å². The minimum Gasteiger partial charge on any atom is -0.321 e. The summed E-state index contributed by atoms with van der Waals surface area (Å²) in [6, 6.07) is 16.3. The zero-order chi connectivity index (χ0) is 24.1. The Labute approximate surface area is 201 Å². The van der Waals surface area contributed by atoms with Crippen molar-refractivity contribution in [2.24, 2.45) is 0 Å². The molecular weight excluding hydrogens is 454 g/mol. The number of hydrogen-bond acceptors (Lipinski definition) is 5. The Morgan fingerprint density at radius 2 is 1.79 bits per heavy atom. The fourth-order valence-corrected chi connectivity index (χ4v) is 3.72. The summed E-state index contributed by atoms with van der Waals surface area (Å²) in [5.41, 5.74) is 1.73. The Morgan fingerprint density at radius 3 is 2.47 bits per heavy atom. The molecule has 1 saturated heterocycles. The number of rotatable bonds is 5. The van der Waals surface area contributed by atoms with Crippen LogP contribution in [0.15, 0.2) is 60.8 Å². The molecule has 2 heterocycles. The number of piperidine rings is 1. The quantitative estimate of drug-likeness (QED) is 0.560. The third-order valence-corrected chi connectivity index (χ3v) is 5.60. The maximum atomic E-state index is 12.9. The lowest BCUT2D eigenvalue weighted by atomic mass is 10.1. The number of carbonyl (C=O) groups excluding carboxylic acids is 3. The summed E-state index contributed by atoms with van der Waals surface area (Å²) in [6.45, 7) is 0.663. The van der Waals surface area contributed by atoms with Crippen LogP contribution in [0.2, 0.25) is 5.02 Å². The van der Waals surface area contributed by atoms with Crippen molar-refractivity contribution in [3.8, 4) is 6.07 Å². The summed E-state index contributed by atoms with van der Waals surface area (Å²) in [4.78, 5) is 43.6. The summed E-state index contributed by atoms with van der Waals surface area (Å²) >= 11 is 5.83.